The van der Waals surface area contributed by atoms with Crippen molar-refractivity contribution in [1.29, 1.82) is 0 Å². The van der Waals surface area contributed by atoms with Crippen molar-refractivity contribution in [3.63, 3.8) is 0 Å². The van der Waals surface area contributed by atoms with Crippen LogP contribution in [-0.4, -0.2) is 65.3 Å². The van der Waals surface area contributed by atoms with Gasteiger partial charge in [-0.25, -0.2) is 13.6 Å². The van der Waals surface area contributed by atoms with E-state index < -0.39 is 23.3 Å². The van der Waals surface area contributed by atoms with Gasteiger partial charge in [0.1, 0.15) is 23.7 Å². The van der Waals surface area contributed by atoms with E-state index in [0.29, 0.717) is 50.3 Å². The number of nitrogens with zero attached hydrogens (tertiary/aromatic N) is 3. The van der Waals surface area contributed by atoms with E-state index >= 15 is 0 Å². The Morgan fingerprint density at radius 3 is 2.45 bits per heavy atom. The molecule has 0 radical (unpaired) electrons. The van der Waals surface area contributed by atoms with E-state index in [4.69, 9.17) is 0 Å². The van der Waals surface area contributed by atoms with Crippen LogP contribution < -0.4 is 5.32 Å². The average molecular weight is 456 g/mol. The Kier molecular flexibility index (Phi) is 6.42. The lowest BCUT2D eigenvalue weighted by molar-refractivity contribution is -0.138. The second-order valence-electron chi connectivity index (χ2n) is 8.56. The van der Waals surface area contributed by atoms with Gasteiger partial charge in [-0.3, -0.25) is 19.4 Å². The molecule has 4 rings (SSSR count). The molecule has 0 aliphatic carbocycles. The molecule has 0 aromatic heterocycles. The molecule has 174 valence electrons. The highest BCUT2D eigenvalue weighted by atomic mass is 19.1. The minimum atomic E-state index is -1.36. The van der Waals surface area contributed by atoms with Crippen LogP contribution in [0.25, 0.3) is 0 Å². The van der Waals surface area contributed by atoms with Crippen LogP contribution in [0.4, 0.5) is 13.6 Å². The van der Waals surface area contributed by atoms with E-state index in [1.807, 2.05) is 0 Å². The van der Waals surface area contributed by atoms with Gasteiger partial charge < -0.3 is 10.2 Å². The van der Waals surface area contributed by atoms with E-state index in [-0.39, 0.29) is 18.3 Å². The molecule has 2 saturated heterocycles. The topological polar surface area (TPSA) is 73.0 Å². The molecule has 1 atom stereocenters. The zero-order chi connectivity index (χ0) is 23.6. The van der Waals surface area contributed by atoms with Gasteiger partial charge in [-0.2, -0.15) is 0 Å². The van der Waals surface area contributed by atoms with E-state index in [1.54, 1.807) is 23.1 Å². The van der Waals surface area contributed by atoms with Crippen LogP contribution in [0.2, 0.25) is 0 Å². The van der Waals surface area contributed by atoms with E-state index in [2.05, 4.69) is 10.2 Å². The zero-order valence-corrected chi connectivity index (χ0v) is 18.4. The molecule has 33 heavy (non-hydrogen) atoms. The van der Waals surface area contributed by atoms with Crippen molar-refractivity contribution >= 4 is 17.8 Å². The number of halogens is 2. The molecule has 4 amide bonds. The van der Waals surface area contributed by atoms with Gasteiger partial charge in [0.25, 0.3) is 5.91 Å². The summed E-state index contributed by atoms with van der Waals surface area (Å²) < 4.78 is 27.2. The zero-order valence-electron chi connectivity index (χ0n) is 18.4. The fraction of sp³-hybridized carbons (Fsp3) is 0.375. The second-order valence-corrected chi connectivity index (χ2v) is 8.56. The van der Waals surface area contributed by atoms with Gasteiger partial charge in [0, 0.05) is 38.3 Å². The van der Waals surface area contributed by atoms with Crippen LogP contribution in [0.5, 0.6) is 0 Å². The summed E-state index contributed by atoms with van der Waals surface area (Å²) in [4.78, 5) is 43.1. The van der Waals surface area contributed by atoms with Crippen molar-refractivity contribution in [3.05, 3.63) is 71.3 Å². The molecule has 0 spiro atoms. The van der Waals surface area contributed by atoms with Crippen LogP contribution >= 0.6 is 0 Å². The standard InChI is InChI=1S/C24H26F2N4O3/c1-24(18-7-9-19(25)10-8-18)22(32)30(23(33)27-24)16-21(31)29-12-4-11-28(13-14-29)15-17-5-2-3-6-20(17)26/h2-3,5-10H,4,11-16H2,1H3,(H,27,33). The SMILES string of the molecule is CC1(c2ccc(F)cc2)NC(=O)N(CC(=O)N2CCCN(Cc3ccccc3F)CC2)C1=O. The molecule has 1 unspecified atom stereocenters. The highest BCUT2D eigenvalue weighted by Gasteiger charge is 2.49. The fourth-order valence-corrected chi connectivity index (χ4v) is 4.30. The van der Waals surface area contributed by atoms with Crippen molar-refractivity contribution in [3.8, 4) is 0 Å². The second kappa shape index (κ2) is 9.27. The first-order valence-electron chi connectivity index (χ1n) is 10.9. The maximum Gasteiger partial charge on any atom is 0.325 e. The minimum absolute atomic E-state index is 0.252. The molecule has 1 N–H and O–H groups in total. The van der Waals surface area contributed by atoms with Crippen molar-refractivity contribution in [1.82, 2.24) is 20.0 Å². The summed E-state index contributed by atoms with van der Waals surface area (Å²) in [5, 5.41) is 2.63. The molecule has 9 heteroatoms. The van der Waals surface area contributed by atoms with Gasteiger partial charge in [-0.1, -0.05) is 30.3 Å². The van der Waals surface area contributed by atoms with Gasteiger partial charge in [0.05, 0.1) is 0 Å². The number of hydrogen-bond acceptors (Lipinski definition) is 4. The molecule has 2 fully saturated rings. The van der Waals surface area contributed by atoms with Gasteiger partial charge in [0.15, 0.2) is 0 Å². The fourth-order valence-electron chi connectivity index (χ4n) is 4.30. The highest BCUT2D eigenvalue weighted by molar-refractivity contribution is 6.09. The number of hydrogen-bond donors (Lipinski definition) is 1. The van der Waals surface area contributed by atoms with E-state index in [0.717, 1.165) is 4.90 Å². The first-order valence-corrected chi connectivity index (χ1v) is 10.9. The smallest absolute Gasteiger partial charge is 0.325 e. The quantitative estimate of drug-likeness (QED) is 0.702. The lowest BCUT2D eigenvalue weighted by atomic mass is 9.92. The molecule has 2 aliphatic heterocycles. The van der Waals surface area contributed by atoms with Crippen molar-refractivity contribution < 1.29 is 23.2 Å². The molecular formula is C24H26F2N4O3. The van der Waals surface area contributed by atoms with E-state index in [1.165, 1.54) is 37.3 Å². The number of imide groups is 1. The van der Waals surface area contributed by atoms with Gasteiger partial charge >= 0.3 is 6.03 Å². The van der Waals surface area contributed by atoms with Crippen LogP contribution in [0.1, 0.15) is 24.5 Å². The molecule has 0 bridgehead atoms. The van der Waals surface area contributed by atoms with Crippen molar-refractivity contribution in [2.45, 2.75) is 25.4 Å². The monoisotopic (exact) mass is 456 g/mol. The number of carbonyl (C=O) groups is 3. The van der Waals surface area contributed by atoms with E-state index in [9.17, 15) is 23.2 Å². The van der Waals surface area contributed by atoms with Crippen LogP contribution in [0, 0.1) is 11.6 Å². The predicted molar refractivity (Wildman–Crippen MR) is 117 cm³/mol. The Morgan fingerprint density at radius 1 is 1.00 bits per heavy atom. The van der Waals surface area contributed by atoms with Crippen LogP contribution in [0.3, 0.4) is 0 Å². The molecule has 7 nitrogen and oxygen atoms in total. The molecular weight excluding hydrogens is 430 g/mol. The summed E-state index contributed by atoms with van der Waals surface area (Å²) in [6, 6.07) is 11.3. The number of nitrogens with one attached hydrogen (secondary N) is 1. The number of benzene rings is 2. The third-order valence-electron chi connectivity index (χ3n) is 6.28. The molecule has 2 aromatic rings. The first-order chi connectivity index (χ1) is 15.8. The Labute approximate surface area is 191 Å². The molecule has 2 aliphatic rings. The summed E-state index contributed by atoms with van der Waals surface area (Å²) in [6.45, 7) is 3.82. The van der Waals surface area contributed by atoms with Crippen molar-refractivity contribution in [2.24, 2.45) is 0 Å². The number of rotatable bonds is 5. The minimum Gasteiger partial charge on any atom is -0.340 e. The molecule has 2 heterocycles. The number of carbonyl (C=O) groups excluding carboxylic acids is 3. The maximum atomic E-state index is 14.0. The largest absolute Gasteiger partial charge is 0.340 e. The maximum absolute atomic E-state index is 14.0. The van der Waals surface area contributed by atoms with Gasteiger partial charge in [-0.15, -0.1) is 0 Å². The number of urea groups is 1. The number of amides is 4. The Bertz CT molecular complexity index is 1060. The molecule has 2 aromatic carbocycles. The first kappa shape index (κ1) is 22.8. The summed E-state index contributed by atoms with van der Waals surface area (Å²) in [5.74, 6) is -1.58. The average Bonchev–Trinajstić information content (AvgIpc) is 2.94. The molecule has 0 saturated carbocycles. The third kappa shape index (κ3) is 4.73. The van der Waals surface area contributed by atoms with Crippen LogP contribution in [-0.2, 0) is 21.7 Å². The Balaban J connectivity index is 1.38. The summed E-state index contributed by atoms with van der Waals surface area (Å²) in [6.07, 6.45) is 0.702. The normalized spacial score (nSPS) is 21.8. The summed E-state index contributed by atoms with van der Waals surface area (Å²) >= 11 is 0. The van der Waals surface area contributed by atoms with Gasteiger partial charge in [0.2, 0.25) is 5.91 Å². The summed E-state index contributed by atoms with van der Waals surface area (Å²) in [7, 11) is 0. The lowest BCUT2D eigenvalue weighted by Crippen LogP contribution is -2.45. The van der Waals surface area contributed by atoms with Crippen molar-refractivity contribution in [2.75, 3.05) is 32.7 Å². The Morgan fingerprint density at radius 2 is 1.73 bits per heavy atom. The third-order valence-corrected chi connectivity index (χ3v) is 6.28. The van der Waals surface area contributed by atoms with Crippen LogP contribution in [0.15, 0.2) is 48.5 Å². The Hall–Kier alpha value is -3.33. The highest BCUT2D eigenvalue weighted by Crippen LogP contribution is 2.29. The lowest BCUT2D eigenvalue weighted by Gasteiger charge is -2.25. The predicted octanol–water partition coefficient (Wildman–Crippen LogP) is 2.47. The van der Waals surface area contributed by atoms with Gasteiger partial charge in [-0.05, 0) is 37.1 Å². The summed E-state index contributed by atoms with van der Waals surface area (Å²) in [5.41, 5.74) is -0.312.